The number of likely N-dealkylation sites (tertiary alicyclic amines) is 2. The summed E-state index contributed by atoms with van der Waals surface area (Å²) >= 11 is 0. The van der Waals surface area contributed by atoms with E-state index in [1.54, 1.807) is 0 Å². The molecule has 2 aliphatic rings. The molecule has 2 atom stereocenters. The summed E-state index contributed by atoms with van der Waals surface area (Å²) in [7, 11) is 0. The Balaban J connectivity index is 1.19. The lowest BCUT2D eigenvalue weighted by Gasteiger charge is -2.37. The van der Waals surface area contributed by atoms with Gasteiger partial charge < -0.3 is 9.80 Å². The van der Waals surface area contributed by atoms with Crippen molar-refractivity contribution in [2.24, 2.45) is 11.8 Å². The quantitative estimate of drug-likeness (QED) is 0.513. The molecular weight excluding hydrogens is 392 g/mol. The number of carbonyl (C=O) groups excluding carboxylic acids is 1. The van der Waals surface area contributed by atoms with Crippen molar-refractivity contribution in [1.29, 1.82) is 0 Å². The van der Waals surface area contributed by atoms with Crippen molar-refractivity contribution in [2.75, 3.05) is 39.3 Å². The van der Waals surface area contributed by atoms with E-state index < -0.39 is 0 Å². The van der Waals surface area contributed by atoms with Crippen LogP contribution in [0.4, 0.5) is 0 Å². The predicted molar refractivity (Wildman–Crippen MR) is 133 cm³/mol. The molecule has 2 aromatic rings. The molecule has 3 heteroatoms. The van der Waals surface area contributed by atoms with Gasteiger partial charge >= 0.3 is 0 Å². The van der Waals surface area contributed by atoms with Crippen molar-refractivity contribution < 1.29 is 4.79 Å². The number of piperidine rings is 2. The molecule has 0 aliphatic carbocycles. The lowest BCUT2D eigenvalue weighted by molar-refractivity contribution is -0.130. The van der Waals surface area contributed by atoms with Crippen LogP contribution in [0.1, 0.15) is 49.7 Å². The van der Waals surface area contributed by atoms with Crippen molar-refractivity contribution in [3.8, 4) is 0 Å². The van der Waals surface area contributed by atoms with Gasteiger partial charge in [0.05, 0.1) is 0 Å². The van der Waals surface area contributed by atoms with Gasteiger partial charge in [-0.05, 0) is 88.7 Å². The number of aryl methyl sites for hydroxylation is 2. The van der Waals surface area contributed by atoms with E-state index >= 15 is 0 Å². The molecule has 0 saturated carbocycles. The average molecular weight is 433 g/mol. The van der Waals surface area contributed by atoms with Gasteiger partial charge in [0.1, 0.15) is 5.78 Å². The summed E-state index contributed by atoms with van der Waals surface area (Å²) in [6.07, 6.45) is 9.18. The van der Waals surface area contributed by atoms with Crippen LogP contribution in [0.25, 0.3) is 0 Å². The van der Waals surface area contributed by atoms with Gasteiger partial charge in [-0.15, -0.1) is 0 Å². The van der Waals surface area contributed by atoms with Crippen LogP contribution in [0.3, 0.4) is 0 Å². The Morgan fingerprint density at radius 2 is 1.12 bits per heavy atom. The summed E-state index contributed by atoms with van der Waals surface area (Å²) in [5, 5.41) is 0. The molecule has 2 fully saturated rings. The SMILES string of the molecule is O=C(C1CCCN(CCCc2ccccc2)C1)C1CCCN(CCCc2ccccc2)C1. The second-order valence-corrected chi connectivity index (χ2v) is 9.86. The van der Waals surface area contributed by atoms with Crippen LogP contribution in [-0.2, 0) is 17.6 Å². The number of carbonyl (C=O) groups is 1. The molecule has 2 aromatic carbocycles. The van der Waals surface area contributed by atoms with Crippen LogP contribution < -0.4 is 0 Å². The zero-order chi connectivity index (χ0) is 22.0. The Hall–Kier alpha value is -1.97. The minimum atomic E-state index is 0.259. The second-order valence-electron chi connectivity index (χ2n) is 9.86. The first-order valence-corrected chi connectivity index (χ1v) is 12.8. The molecular formula is C29H40N2O. The van der Waals surface area contributed by atoms with Gasteiger partial charge in [0.15, 0.2) is 0 Å². The highest BCUT2D eigenvalue weighted by Crippen LogP contribution is 2.26. The summed E-state index contributed by atoms with van der Waals surface area (Å²) in [4.78, 5) is 18.5. The number of nitrogens with zero attached hydrogens (tertiary/aromatic N) is 2. The zero-order valence-electron chi connectivity index (χ0n) is 19.6. The van der Waals surface area contributed by atoms with Crippen LogP contribution in [0, 0.1) is 11.8 Å². The topological polar surface area (TPSA) is 23.6 Å². The highest BCUT2D eigenvalue weighted by Gasteiger charge is 2.33. The third-order valence-electron chi connectivity index (χ3n) is 7.38. The van der Waals surface area contributed by atoms with Crippen LogP contribution >= 0.6 is 0 Å². The molecule has 2 unspecified atom stereocenters. The van der Waals surface area contributed by atoms with Crippen molar-refractivity contribution in [3.05, 3.63) is 71.8 Å². The van der Waals surface area contributed by atoms with Gasteiger partial charge in [0.25, 0.3) is 0 Å². The van der Waals surface area contributed by atoms with E-state index in [1.807, 2.05) is 0 Å². The molecule has 2 heterocycles. The maximum Gasteiger partial charge on any atom is 0.141 e. The van der Waals surface area contributed by atoms with Crippen LogP contribution in [0.2, 0.25) is 0 Å². The fourth-order valence-corrected chi connectivity index (χ4v) is 5.62. The van der Waals surface area contributed by atoms with Gasteiger partial charge in [-0.1, -0.05) is 60.7 Å². The van der Waals surface area contributed by atoms with E-state index in [-0.39, 0.29) is 11.8 Å². The average Bonchev–Trinajstić information content (AvgIpc) is 2.85. The Morgan fingerprint density at radius 1 is 0.688 bits per heavy atom. The molecule has 0 spiro atoms. The van der Waals surface area contributed by atoms with E-state index in [0.29, 0.717) is 5.78 Å². The molecule has 0 amide bonds. The maximum absolute atomic E-state index is 13.4. The normalized spacial score (nSPS) is 22.6. The minimum absolute atomic E-state index is 0.259. The van der Waals surface area contributed by atoms with E-state index in [2.05, 4.69) is 70.5 Å². The van der Waals surface area contributed by atoms with Crippen LogP contribution in [0.15, 0.2) is 60.7 Å². The zero-order valence-corrected chi connectivity index (χ0v) is 19.6. The fraction of sp³-hybridized carbons (Fsp3) is 0.552. The third kappa shape index (κ3) is 7.02. The van der Waals surface area contributed by atoms with Gasteiger partial charge in [-0.25, -0.2) is 0 Å². The first-order chi connectivity index (χ1) is 15.8. The van der Waals surface area contributed by atoms with Crippen LogP contribution in [-0.4, -0.2) is 54.9 Å². The highest BCUT2D eigenvalue weighted by atomic mass is 16.1. The number of benzene rings is 2. The van der Waals surface area contributed by atoms with E-state index in [1.165, 1.54) is 36.8 Å². The van der Waals surface area contributed by atoms with Gasteiger partial charge in [-0.2, -0.15) is 0 Å². The fourth-order valence-electron chi connectivity index (χ4n) is 5.62. The number of Topliss-reactive ketones (excluding diaryl/α,β-unsaturated/α-hetero) is 1. The Kier molecular flexibility index (Phi) is 8.93. The van der Waals surface area contributed by atoms with Crippen molar-refractivity contribution >= 4 is 5.78 Å². The highest BCUT2D eigenvalue weighted by molar-refractivity contribution is 5.84. The molecule has 3 nitrogen and oxygen atoms in total. The smallest absolute Gasteiger partial charge is 0.141 e. The predicted octanol–water partition coefficient (Wildman–Crippen LogP) is 5.25. The molecule has 0 bridgehead atoms. The molecule has 32 heavy (non-hydrogen) atoms. The van der Waals surface area contributed by atoms with Gasteiger partial charge in [0.2, 0.25) is 0 Å². The number of rotatable bonds is 10. The van der Waals surface area contributed by atoms with Crippen molar-refractivity contribution in [3.63, 3.8) is 0 Å². The minimum Gasteiger partial charge on any atom is -0.303 e. The first kappa shape index (κ1) is 23.2. The summed E-state index contributed by atoms with van der Waals surface area (Å²) < 4.78 is 0. The molecule has 0 aromatic heterocycles. The summed E-state index contributed by atoms with van der Waals surface area (Å²) in [5.74, 6) is 1.08. The molecule has 2 saturated heterocycles. The lowest BCUT2D eigenvalue weighted by atomic mass is 9.83. The summed E-state index contributed by atoms with van der Waals surface area (Å²) in [5.41, 5.74) is 2.85. The molecule has 2 aliphatic heterocycles. The second kappa shape index (κ2) is 12.3. The largest absolute Gasteiger partial charge is 0.303 e. The summed E-state index contributed by atoms with van der Waals surface area (Å²) in [6, 6.07) is 21.5. The lowest BCUT2D eigenvalue weighted by Crippen LogP contribution is -2.45. The van der Waals surface area contributed by atoms with Crippen molar-refractivity contribution in [2.45, 2.75) is 51.4 Å². The van der Waals surface area contributed by atoms with E-state index in [9.17, 15) is 4.79 Å². The molecule has 0 N–H and O–H groups in total. The summed E-state index contributed by atoms with van der Waals surface area (Å²) in [6.45, 7) is 6.53. The van der Waals surface area contributed by atoms with Crippen LogP contribution in [0.5, 0.6) is 0 Å². The molecule has 4 rings (SSSR count). The van der Waals surface area contributed by atoms with Gasteiger partial charge in [-0.3, -0.25) is 4.79 Å². The first-order valence-electron chi connectivity index (χ1n) is 12.8. The molecule has 0 radical (unpaired) electrons. The van der Waals surface area contributed by atoms with Gasteiger partial charge in [0, 0.05) is 24.9 Å². The number of hydrogen-bond donors (Lipinski definition) is 0. The third-order valence-corrected chi connectivity index (χ3v) is 7.38. The Morgan fingerprint density at radius 3 is 1.56 bits per heavy atom. The van der Waals surface area contributed by atoms with Crippen molar-refractivity contribution in [1.82, 2.24) is 9.80 Å². The Labute approximate surface area is 194 Å². The number of ketones is 1. The van der Waals surface area contributed by atoms with E-state index in [0.717, 1.165) is 65.0 Å². The number of hydrogen-bond acceptors (Lipinski definition) is 3. The molecule has 172 valence electrons. The van der Waals surface area contributed by atoms with E-state index in [4.69, 9.17) is 0 Å². The standard InChI is InChI=1S/C29H40N2O/c32-29(27-17-9-21-30(23-27)19-7-15-25-11-3-1-4-12-25)28-18-10-22-31(24-28)20-8-16-26-13-5-2-6-14-26/h1-6,11-14,27-28H,7-10,15-24H2. The maximum atomic E-state index is 13.4. The Bertz CT molecular complexity index is 739. The monoisotopic (exact) mass is 432 g/mol.